The predicted octanol–water partition coefficient (Wildman–Crippen LogP) is 2.70. The molecule has 0 spiro atoms. The topological polar surface area (TPSA) is 62.5 Å². The lowest BCUT2D eigenvalue weighted by molar-refractivity contribution is -0.140. The summed E-state index contributed by atoms with van der Waals surface area (Å²) in [5.41, 5.74) is 0.853. The Labute approximate surface area is 105 Å². The van der Waals surface area contributed by atoms with Crippen molar-refractivity contribution >= 4 is 16.9 Å². The van der Waals surface area contributed by atoms with Crippen LogP contribution in [0.3, 0.4) is 0 Å². The SMILES string of the molecule is O=C(O)C1CCCC(c2cc3ccccc3o2)N1. The molecule has 0 amide bonds. The lowest BCUT2D eigenvalue weighted by Crippen LogP contribution is -2.42. The summed E-state index contributed by atoms with van der Waals surface area (Å²) in [6.07, 6.45) is 2.52. The van der Waals surface area contributed by atoms with E-state index in [-0.39, 0.29) is 6.04 Å². The fourth-order valence-corrected chi connectivity index (χ4v) is 2.53. The van der Waals surface area contributed by atoms with Gasteiger partial charge in [-0.2, -0.15) is 0 Å². The number of carboxylic acids is 1. The first-order valence-electron chi connectivity index (χ1n) is 6.21. The van der Waals surface area contributed by atoms with Crippen LogP contribution in [-0.4, -0.2) is 17.1 Å². The Balaban J connectivity index is 1.87. The van der Waals surface area contributed by atoms with Crippen molar-refractivity contribution in [2.45, 2.75) is 31.3 Å². The van der Waals surface area contributed by atoms with Crippen LogP contribution < -0.4 is 5.32 Å². The van der Waals surface area contributed by atoms with Gasteiger partial charge >= 0.3 is 5.97 Å². The minimum atomic E-state index is -0.782. The number of fused-ring (bicyclic) bond motifs is 1. The number of para-hydroxylation sites is 1. The van der Waals surface area contributed by atoms with Crippen LogP contribution in [0.1, 0.15) is 31.1 Å². The van der Waals surface area contributed by atoms with Gasteiger partial charge in [-0.15, -0.1) is 0 Å². The van der Waals surface area contributed by atoms with E-state index in [2.05, 4.69) is 5.32 Å². The minimum Gasteiger partial charge on any atom is -0.480 e. The number of hydrogen-bond acceptors (Lipinski definition) is 3. The Bertz CT molecular complexity index is 542. The molecule has 0 radical (unpaired) electrons. The lowest BCUT2D eigenvalue weighted by atomic mass is 9.97. The molecule has 1 aromatic carbocycles. The molecule has 1 aromatic heterocycles. The highest BCUT2D eigenvalue weighted by molar-refractivity contribution is 5.78. The number of benzene rings is 1. The molecule has 94 valence electrons. The van der Waals surface area contributed by atoms with Crippen LogP contribution in [0.2, 0.25) is 0 Å². The van der Waals surface area contributed by atoms with Crippen molar-refractivity contribution in [2.24, 2.45) is 0 Å². The first kappa shape index (κ1) is 11.3. The molecule has 3 rings (SSSR count). The van der Waals surface area contributed by atoms with Crippen molar-refractivity contribution in [1.82, 2.24) is 5.32 Å². The minimum absolute atomic E-state index is 0.00671. The fourth-order valence-electron chi connectivity index (χ4n) is 2.53. The summed E-state index contributed by atoms with van der Waals surface area (Å²) in [6.45, 7) is 0. The first-order valence-corrected chi connectivity index (χ1v) is 6.21. The average molecular weight is 245 g/mol. The molecule has 2 aromatic rings. The molecule has 1 aliphatic heterocycles. The van der Waals surface area contributed by atoms with E-state index in [1.165, 1.54) is 0 Å². The van der Waals surface area contributed by atoms with Crippen LogP contribution >= 0.6 is 0 Å². The smallest absolute Gasteiger partial charge is 0.320 e. The van der Waals surface area contributed by atoms with E-state index in [0.29, 0.717) is 6.42 Å². The quantitative estimate of drug-likeness (QED) is 0.854. The molecule has 18 heavy (non-hydrogen) atoms. The maximum absolute atomic E-state index is 11.0. The van der Waals surface area contributed by atoms with Crippen LogP contribution in [0.25, 0.3) is 11.0 Å². The standard InChI is InChI=1S/C14H15NO3/c16-14(17)11-6-3-5-10(15-11)13-8-9-4-1-2-7-12(9)18-13/h1-2,4,7-8,10-11,15H,3,5-6H2,(H,16,17). The second kappa shape index (κ2) is 4.46. The fraction of sp³-hybridized carbons (Fsp3) is 0.357. The van der Waals surface area contributed by atoms with E-state index in [1.54, 1.807) is 0 Å². The molecule has 1 aliphatic rings. The summed E-state index contributed by atoms with van der Waals surface area (Å²) in [5, 5.41) is 13.2. The predicted molar refractivity (Wildman–Crippen MR) is 67.4 cm³/mol. The largest absolute Gasteiger partial charge is 0.480 e. The van der Waals surface area contributed by atoms with E-state index < -0.39 is 12.0 Å². The highest BCUT2D eigenvalue weighted by Gasteiger charge is 2.28. The third-order valence-corrected chi connectivity index (χ3v) is 3.47. The zero-order chi connectivity index (χ0) is 12.5. The number of carboxylic acid groups (broad SMARTS) is 1. The Hall–Kier alpha value is -1.81. The number of aliphatic carboxylic acids is 1. The second-order valence-corrected chi connectivity index (χ2v) is 4.73. The molecule has 0 saturated carbocycles. The second-order valence-electron chi connectivity index (χ2n) is 4.73. The summed E-state index contributed by atoms with van der Waals surface area (Å²) in [7, 11) is 0. The van der Waals surface area contributed by atoms with E-state index >= 15 is 0 Å². The summed E-state index contributed by atoms with van der Waals surface area (Å²) >= 11 is 0. The Morgan fingerprint density at radius 1 is 1.33 bits per heavy atom. The molecular formula is C14H15NO3. The van der Waals surface area contributed by atoms with Crippen molar-refractivity contribution < 1.29 is 14.3 Å². The highest BCUT2D eigenvalue weighted by Crippen LogP contribution is 2.30. The molecule has 1 saturated heterocycles. The van der Waals surface area contributed by atoms with Crippen LogP contribution in [-0.2, 0) is 4.79 Å². The third-order valence-electron chi connectivity index (χ3n) is 3.47. The van der Waals surface area contributed by atoms with Crippen LogP contribution in [0.4, 0.5) is 0 Å². The van der Waals surface area contributed by atoms with Crippen molar-refractivity contribution in [3.05, 3.63) is 36.1 Å². The van der Waals surface area contributed by atoms with E-state index in [4.69, 9.17) is 9.52 Å². The van der Waals surface area contributed by atoms with Crippen LogP contribution in [0, 0.1) is 0 Å². The Morgan fingerprint density at radius 3 is 2.94 bits per heavy atom. The number of carbonyl (C=O) groups is 1. The summed E-state index contributed by atoms with van der Waals surface area (Å²) < 4.78 is 5.78. The molecule has 4 heteroatoms. The third kappa shape index (κ3) is 1.99. The Morgan fingerprint density at radius 2 is 2.17 bits per heavy atom. The molecule has 2 N–H and O–H groups in total. The number of hydrogen-bond donors (Lipinski definition) is 2. The molecule has 2 unspecified atom stereocenters. The number of furan rings is 1. The van der Waals surface area contributed by atoms with Crippen LogP contribution in [0.5, 0.6) is 0 Å². The molecule has 2 atom stereocenters. The van der Waals surface area contributed by atoms with Gasteiger partial charge in [0.15, 0.2) is 0 Å². The van der Waals surface area contributed by atoms with Crippen LogP contribution in [0.15, 0.2) is 34.7 Å². The summed E-state index contributed by atoms with van der Waals surface area (Å²) in [5.74, 6) is 0.0537. The van der Waals surface area contributed by atoms with Gasteiger partial charge in [-0.05, 0) is 31.4 Å². The maximum atomic E-state index is 11.0. The zero-order valence-electron chi connectivity index (χ0n) is 9.93. The summed E-state index contributed by atoms with van der Waals surface area (Å²) in [4.78, 5) is 11.0. The molecule has 2 heterocycles. The van der Waals surface area contributed by atoms with Gasteiger partial charge < -0.3 is 9.52 Å². The molecular weight excluding hydrogens is 230 g/mol. The van der Waals surface area contributed by atoms with Gasteiger partial charge in [-0.25, -0.2) is 0 Å². The molecule has 1 fully saturated rings. The van der Waals surface area contributed by atoms with Gasteiger partial charge in [0.05, 0.1) is 6.04 Å². The van der Waals surface area contributed by atoms with Crippen molar-refractivity contribution in [3.63, 3.8) is 0 Å². The first-order chi connectivity index (χ1) is 8.74. The van der Waals surface area contributed by atoms with Gasteiger partial charge in [0, 0.05) is 5.39 Å². The van der Waals surface area contributed by atoms with E-state index in [0.717, 1.165) is 29.6 Å². The average Bonchev–Trinajstić information content (AvgIpc) is 2.82. The zero-order valence-corrected chi connectivity index (χ0v) is 9.93. The maximum Gasteiger partial charge on any atom is 0.320 e. The molecule has 4 nitrogen and oxygen atoms in total. The number of nitrogens with one attached hydrogen (secondary N) is 1. The van der Waals surface area contributed by atoms with Gasteiger partial charge in [-0.1, -0.05) is 18.2 Å². The lowest BCUT2D eigenvalue weighted by Gasteiger charge is -2.26. The van der Waals surface area contributed by atoms with Gasteiger partial charge in [0.25, 0.3) is 0 Å². The number of rotatable bonds is 2. The summed E-state index contributed by atoms with van der Waals surface area (Å²) in [6, 6.07) is 9.37. The normalized spacial score (nSPS) is 24.2. The Kier molecular flexibility index (Phi) is 2.80. The van der Waals surface area contributed by atoms with Crippen molar-refractivity contribution in [3.8, 4) is 0 Å². The molecule has 0 bridgehead atoms. The van der Waals surface area contributed by atoms with Crippen molar-refractivity contribution in [1.29, 1.82) is 0 Å². The van der Waals surface area contributed by atoms with Gasteiger partial charge in [-0.3, -0.25) is 10.1 Å². The molecule has 0 aliphatic carbocycles. The van der Waals surface area contributed by atoms with E-state index in [1.807, 2.05) is 30.3 Å². The van der Waals surface area contributed by atoms with E-state index in [9.17, 15) is 4.79 Å². The van der Waals surface area contributed by atoms with Gasteiger partial charge in [0.1, 0.15) is 17.4 Å². The monoisotopic (exact) mass is 245 g/mol. The number of piperidine rings is 1. The highest BCUT2D eigenvalue weighted by atomic mass is 16.4. The van der Waals surface area contributed by atoms with Crippen molar-refractivity contribution in [2.75, 3.05) is 0 Å². The van der Waals surface area contributed by atoms with Gasteiger partial charge in [0.2, 0.25) is 0 Å².